The highest BCUT2D eigenvalue weighted by Crippen LogP contribution is 2.12. The third-order valence-corrected chi connectivity index (χ3v) is 3.28. The first-order chi connectivity index (χ1) is 9.29. The first-order valence-corrected chi connectivity index (χ1v) is 6.78. The van der Waals surface area contributed by atoms with Gasteiger partial charge in [-0.1, -0.05) is 6.08 Å². The fourth-order valence-electron chi connectivity index (χ4n) is 1.52. The van der Waals surface area contributed by atoms with E-state index in [-0.39, 0.29) is 5.91 Å². The number of rotatable bonds is 6. The van der Waals surface area contributed by atoms with E-state index < -0.39 is 0 Å². The Morgan fingerprint density at radius 1 is 1.37 bits per heavy atom. The maximum absolute atomic E-state index is 11.7. The van der Waals surface area contributed by atoms with E-state index in [9.17, 15) is 4.79 Å². The van der Waals surface area contributed by atoms with E-state index in [4.69, 9.17) is 0 Å². The molecule has 2 rings (SSSR count). The molecule has 0 aliphatic rings. The van der Waals surface area contributed by atoms with E-state index in [1.807, 2.05) is 23.8 Å². The molecular formula is C14H15N3OS. The SMILES string of the molecule is C=CCNC(=O)c1ccc(NCc2cncs2)cc1. The molecule has 0 radical (unpaired) electrons. The molecule has 1 aromatic carbocycles. The van der Waals surface area contributed by atoms with Crippen LogP contribution in [0.4, 0.5) is 5.69 Å². The van der Waals surface area contributed by atoms with E-state index in [1.54, 1.807) is 29.5 Å². The molecule has 1 heterocycles. The van der Waals surface area contributed by atoms with Gasteiger partial charge in [0.1, 0.15) is 0 Å². The summed E-state index contributed by atoms with van der Waals surface area (Å²) in [4.78, 5) is 16.9. The van der Waals surface area contributed by atoms with Crippen molar-refractivity contribution in [1.29, 1.82) is 0 Å². The molecule has 0 spiro atoms. The molecule has 4 nitrogen and oxygen atoms in total. The molecule has 0 bridgehead atoms. The molecule has 1 aromatic heterocycles. The highest BCUT2D eigenvalue weighted by Gasteiger charge is 2.03. The normalized spacial score (nSPS) is 9.89. The number of hydrogen-bond acceptors (Lipinski definition) is 4. The predicted molar refractivity (Wildman–Crippen MR) is 78.4 cm³/mol. The number of anilines is 1. The molecule has 0 aliphatic heterocycles. The lowest BCUT2D eigenvalue weighted by atomic mass is 10.2. The standard InChI is InChI=1S/C14H15N3OS/c1-2-7-16-14(18)11-3-5-12(6-4-11)17-9-13-8-15-10-19-13/h2-6,8,10,17H,1,7,9H2,(H,16,18). The monoisotopic (exact) mass is 273 g/mol. The van der Waals surface area contributed by atoms with E-state index >= 15 is 0 Å². The minimum atomic E-state index is -0.0890. The molecule has 0 aliphatic carbocycles. The largest absolute Gasteiger partial charge is 0.380 e. The van der Waals surface area contributed by atoms with Crippen molar-refractivity contribution in [3.63, 3.8) is 0 Å². The molecule has 5 heteroatoms. The van der Waals surface area contributed by atoms with Crippen LogP contribution in [0.2, 0.25) is 0 Å². The number of aromatic nitrogens is 1. The van der Waals surface area contributed by atoms with Gasteiger partial charge in [0.2, 0.25) is 0 Å². The van der Waals surface area contributed by atoms with Crippen LogP contribution in [0.15, 0.2) is 48.6 Å². The first kappa shape index (κ1) is 13.3. The Morgan fingerprint density at radius 2 is 2.16 bits per heavy atom. The van der Waals surface area contributed by atoms with Gasteiger partial charge >= 0.3 is 0 Å². The number of carbonyl (C=O) groups excluding carboxylic acids is 1. The Hall–Kier alpha value is -2.14. The third-order valence-electron chi connectivity index (χ3n) is 2.50. The summed E-state index contributed by atoms with van der Waals surface area (Å²) in [5.74, 6) is -0.0890. The van der Waals surface area contributed by atoms with Crippen LogP contribution in [-0.4, -0.2) is 17.4 Å². The van der Waals surface area contributed by atoms with Crippen molar-refractivity contribution in [2.45, 2.75) is 6.54 Å². The molecule has 0 saturated heterocycles. The summed E-state index contributed by atoms with van der Waals surface area (Å²) >= 11 is 1.61. The zero-order valence-electron chi connectivity index (χ0n) is 10.4. The molecule has 2 aromatic rings. The van der Waals surface area contributed by atoms with E-state index in [0.29, 0.717) is 12.1 Å². The van der Waals surface area contributed by atoms with Gasteiger partial charge in [-0.3, -0.25) is 9.78 Å². The van der Waals surface area contributed by atoms with Crippen LogP contribution in [0.5, 0.6) is 0 Å². The number of nitrogens with zero attached hydrogens (tertiary/aromatic N) is 1. The number of amides is 1. The van der Waals surface area contributed by atoms with Crippen LogP contribution in [-0.2, 0) is 6.54 Å². The van der Waals surface area contributed by atoms with Crippen molar-refractivity contribution >= 4 is 22.9 Å². The fourth-order valence-corrected chi connectivity index (χ4v) is 2.06. The summed E-state index contributed by atoms with van der Waals surface area (Å²) in [6.07, 6.45) is 3.50. The molecule has 1 amide bonds. The van der Waals surface area contributed by atoms with Crippen molar-refractivity contribution in [1.82, 2.24) is 10.3 Å². The Labute approximate surface area is 116 Å². The number of benzene rings is 1. The zero-order valence-corrected chi connectivity index (χ0v) is 11.2. The smallest absolute Gasteiger partial charge is 0.251 e. The summed E-state index contributed by atoms with van der Waals surface area (Å²) in [7, 11) is 0. The van der Waals surface area contributed by atoms with Crippen LogP contribution in [0, 0.1) is 0 Å². The molecule has 0 unspecified atom stereocenters. The van der Waals surface area contributed by atoms with Gasteiger partial charge in [-0.05, 0) is 24.3 Å². The van der Waals surface area contributed by atoms with Crippen LogP contribution < -0.4 is 10.6 Å². The predicted octanol–water partition coefficient (Wildman–Crippen LogP) is 2.67. The van der Waals surface area contributed by atoms with E-state index in [1.165, 1.54) is 4.88 Å². The number of nitrogens with one attached hydrogen (secondary N) is 2. The van der Waals surface area contributed by atoms with Crippen molar-refractivity contribution < 1.29 is 4.79 Å². The quantitative estimate of drug-likeness (QED) is 0.796. The Kier molecular flexibility index (Phi) is 4.69. The Morgan fingerprint density at radius 3 is 2.79 bits per heavy atom. The van der Waals surface area contributed by atoms with Gasteiger partial charge in [-0.25, -0.2) is 0 Å². The van der Waals surface area contributed by atoms with Gasteiger partial charge < -0.3 is 10.6 Å². The molecular weight excluding hydrogens is 258 g/mol. The molecule has 19 heavy (non-hydrogen) atoms. The van der Waals surface area contributed by atoms with Gasteiger partial charge in [0, 0.05) is 28.9 Å². The average molecular weight is 273 g/mol. The molecule has 0 atom stereocenters. The maximum Gasteiger partial charge on any atom is 0.251 e. The van der Waals surface area contributed by atoms with Crippen molar-refractivity contribution in [2.24, 2.45) is 0 Å². The van der Waals surface area contributed by atoms with Crippen LogP contribution in [0.3, 0.4) is 0 Å². The van der Waals surface area contributed by atoms with E-state index in [2.05, 4.69) is 22.2 Å². The van der Waals surface area contributed by atoms with Crippen LogP contribution in [0.1, 0.15) is 15.2 Å². The Bertz CT molecular complexity index is 534. The number of thiazole rings is 1. The highest BCUT2D eigenvalue weighted by molar-refractivity contribution is 7.09. The lowest BCUT2D eigenvalue weighted by Crippen LogP contribution is -2.23. The number of hydrogen-bond donors (Lipinski definition) is 2. The topological polar surface area (TPSA) is 54.0 Å². The van der Waals surface area contributed by atoms with Gasteiger partial charge in [-0.15, -0.1) is 17.9 Å². The highest BCUT2D eigenvalue weighted by atomic mass is 32.1. The van der Waals surface area contributed by atoms with Gasteiger partial charge in [0.15, 0.2) is 0 Å². The minimum Gasteiger partial charge on any atom is -0.380 e. The zero-order chi connectivity index (χ0) is 13.5. The summed E-state index contributed by atoms with van der Waals surface area (Å²) in [6, 6.07) is 7.38. The summed E-state index contributed by atoms with van der Waals surface area (Å²) < 4.78 is 0. The minimum absolute atomic E-state index is 0.0890. The van der Waals surface area contributed by atoms with Gasteiger partial charge in [0.05, 0.1) is 12.1 Å². The summed E-state index contributed by atoms with van der Waals surface area (Å²) in [5.41, 5.74) is 3.43. The van der Waals surface area contributed by atoms with Crippen LogP contribution in [0.25, 0.3) is 0 Å². The van der Waals surface area contributed by atoms with Crippen molar-refractivity contribution in [3.8, 4) is 0 Å². The lowest BCUT2D eigenvalue weighted by molar-refractivity contribution is 0.0958. The third kappa shape index (κ3) is 3.93. The second-order valence-corrected chi connectivity index (χ2v) is 4.87. The second-order valence-electron chi connectivity index (χ2n) is 3.90. The van der Waals surface area contributed by atoms with E-state index in [0.717, 1.165) is 12.2 Å². The molecule has 2 N–H and O–H groups in total. The van der Waals surface area contributed by atoms with Crippen LogP contribution >= 0.6 is 11.3 Å². The summed E-state index contributed by atoms with van der Waals surface area (Å²) in [6.45, 7) is 4.78. The Balaban J connectivity index is 1.90. The summed E-state index contributed by atoms with van der Waals surface area (Å²) in [5, 5.41) is 6.02. The lowest BCUT2D eigenvalue weighted by Gasteiger charge is -2.06. The van der Waals surface area contributed by atoms with Crippen molar-refractivity contribution in [2.75, 3.05) is 11.9 Å². The van der Waals surface area contributed by atoms with Gasteiger partial charge in [-0.2, -0.15) is 0 Å². The maximum atomic E-state index is 11.7. The molecule has 0 saturated carbocycles. The number of carbonyl (C=O) groups is 1. The average Bonchev–Trinajstić information content (AvgIpc) is 2.96. The fraction of sp³-hybridized carbons (Fsp3) is 0.143. The second kappa shape index (κ2) is 6.70. The first-order valence-electron chi connectivity index (χ1n) is 5.90. The van der Waals surface area contributed by atoms with Crippen molar-refractivity contribution in [3.05, 3.63) is 59.1 Å². The molecule has 0 fully saturated rings. The van der Waals surface area contributed by atoms with Gasteiger partial charge in [0.25, 0.3) is 5.91 Å². The molecule has 98 valence electrons.